The van der Waals surface area contributed by atoms with Crippen molar-refractivity contribution in [2.45, 2.75) is 23.8 Å². The summed E-state index contributed by atoms with van der Waals surface area (Å²) in [5, 5.41) is 0. The fraction of sp³-hybridized carbons (Fsp3) is 1.00. The van der Waals surface area contributed by atoms with E-state index in [1.807, 2.05) is 7.85 Å². The van der Waals surface area contributed by atoms with Crippen LogP contribution >= 0.6 is 18.8 Å². The molecule has 2 heterocycles. The van der Waals surface area contributed by atoms with E-state index in [1.54, 1.807) is 7.11 Å². The maximum atomic E-state index is 11.6. The van der Waals surface area contributed by atoms with Gasteiger partial charge in [-0.05, 0) is 0 Å². The van der Waals surface area contributed by atoms with Crippen LogP contribution in [0.1, 0.15) is 0 Å². The van der Waals surface area contributed by atoms with E-state index in [9.17, 15) is 4.57 Å². The lowest BCUT2D eigenvalue weighted by Crippen LogP contribution is -2.45. The summed E-state index contributed by atoms with van der Waals surface area (Å²) in [5.41, 5.74) is -0.632. The number of fused-ring (bicyclic) bond motifs is 2. The molecule has 0 aliphatic carbocycles. The lowest BCUT2D eigenvalue weighted by atomic mass is 9.92. The first kappa shape index (κ1) is 12.9. The number of methoxy groups -OCH3 is 1. The summed E-state index contributed by atoms with van der Waals surface area (Å²) in [4.78, 5) is 0. The molecule has 8 heteroatoms. The monoisotopic (exact) mass is 266 g/mol. The summed E-state index contributed by atoms with van der Waals surface area (Å²) in [7, 11) is 3.51. The lowest BCUT2D eigenvalue weighted by Gasteiger charge is -2.30. The Morgan fingerprint density at radius 2 is 2.38 bits per heavy atom. The summed E-state index contributed by atoms with van der Waals surface area (Å²) >= 11 is 3.96. The second kappa shape index (κ2) is 4.30. The van der Waals surface area contributed by atoms with Crippen LogP contribution in [0.2, 0.25) is 0 Å². The van der Waals surface area contributed by atoms with Crippen molar-refractivity contribution in [2.24, 2.45) is 0 Å². The molecule has 0 radical (unpaired) electrons. The smallest absolute Gasteiger partial charge is 0.252 e. The van der Waals surface area contributed by atoms with E-state index in [4.69, 9.17) is 18.7 Å². The third-order valence-electron chi connectivity index (χ3n) is 2.92. The van der Waals surface area contributed by atoms with Crippen LogP contribution in [0.4, 0.5) is 0 Å². The molecule has 5 atom stereocenters. The molecule has 0 amide bonds. The second-order valence-corrected chi connectivity index (χ2v) is 8.42. The Bertz CT molecular complexity index is 324. The van der Waals surface area contributed by atoms with E-state index in [0.717, 1.165) is 0 Å². The van der Waals surface area contributed by atoms with Crippen LogP contribution in [0, 0.1) is 0 Å². The highest BCUT2D eigenvalue weighted by atomic mass is 32.7. The van der Waals surface area contributed by atoms with E-state index in [0.29, 0.717) is 13.2 Å². The highest BCUT2D eigenvalue weighted by Gasteiger charge is 2.61. The number of ether oxygens (including phenoxy) is 3. The molecular weight excluding hydrogens is 250 g/mol. The first-order valence-electron chi connectivity index (χ1n) is 5.15. The molecular formula is C8H16BO5PS. The molecule has 3 unspecified atom stereocenters. The van der Waals surface area contributed by atoms with Gasteiger partial charge in [0.05, 0.1) is 19.2 Å². The van der Waals surface area contributed by atoms with E-state index < -0.39 is 12.2 Å². The summed E-state index contributed by atoms with van der Waals surface area (Å²) in [6, 6.07) is -0.0752. The Morgan fingerprint density at radius 1 is 1.69 bits per heavy atom. The Labute approximate surface area is 101 Å². The van der Waals surface area contributed by atoms with Gasteiger partial charge in [-0.15, -0.1) is 0 Å². The predicted octanol–water partition coefficient (Wildman–Crippen LogP) is -0.102. The molecule has 0 aromatic carbocycles. The van der Waals surface area contributed by atoms with Gasteiger partial charge in [-0.2, -0.15) is 0 Å². The minimum Gasteiger partial charge on any atom is -0.381 e. The molecule has 5 nitrogen and oxygen atoms in total. The highest BCUT2D eigenvalue weighted by Crippen LogP contribution is 2.54. The zero-order chi connectivity index (χ0) is 12.0. The van der Waals surface area contributed by atoms with Gasteiger partial charge in [0.25, 0.3) is 6.57 Å². The average molecular weight is 266 g/mol. The summed E-state index contributed by atoms with van der Waals surface area (Å²) in [5.74, 6) is 0. The third kappa shape index (κ3) is 2.21. The van der Waals surface area contributed by atoms with Crippen molar-refractivity contribution in [1.29, 1.82) is 0 Å². The molecule has 0 spiro atoms. The standard InChI is InChI=1S/C8H16BO5PS/c1-11-3-8-4-12-5(7(9)13-8)6(8)14-15(2,10)16/h5-7H,3-4,9H2,1-2H3,(H,10,16)/t5?,6-,7+,8?,15?/m0/s1. The number of rotatable bonds is 4. The molecule has 2 saturated heterocycles. The topological polar surface area (TPSA) is 54.0 Å². The third-order valence-corrected chi connectivity index (χ3v) is 3.82. The van der Waals surface area contributed by atoms with Gasteiger partial charge in [0.15, 0.2) is 0 Å². The second-order valence-electron chi connectivity index (χ2n) is 4.43. The number of thiol groups is 1. The van der Waals surface area contributed by atoms with Gasteiger partial charge in [-0.25, -0.2) is 0 Å². The maximum Gasteiger partial charge on any atom is 0.252 e. The van der Waals surface area contributed by atoms with Crippen molar-refractivity contribution >= 4 is 26.7 Å². The Balaban J connectivity index is 2.19. The molecule has 2 aliphatic rings. The van der Waals surface area contributed by atoms with Gasteiger partial charge in [0.2, 0.25) is 0 Å². The van der Waals surface area contributed by atoms with Gasteiger partial charge in [0.1, 0.15) is 25.7 Å². The van der Waals surface area contributed by atoms with Crippen LogP contribution in [0.3, 0.4) is 0 Å². The summed E-state index contributed by atoms with van der Waals surface area (Å²) in [6.07, 6.45) is -0.550. The van der Waals surface area contributed by atoms with Gasteiger partial charge in [-0.1, -0.05) is 12.2 Å². The molecule has 92 valence electrons. The Morgan fingerprint density at radius 3 is 2.88 bits per heavy atom. The van der Waals surface area contributed by atoms with Crippen molar-refractivity contribution in [3.63, 3.8) is 0 Å². The van der Waals surface area contributed by atoms with Gasteiger partial charge >= 0.3 is 0 Å². The van der Waals surface area contributed by atoms with Gasteiger partial charge in [-0.3, -0.25) is 4.57 Å². The van der Waals surface area contributed by atoms with Crippen molar-refractivity contribution in [3.05, 3.63) is 0 Å². The van der Waals surface area contributed by atoms with E-state index in [1.165, 1.54) is 6.66 Å². The summed E-state index contributed by atoms with van der Waals surface area (Å²) < 4.78 is 33.7. The van der Waals surface area contributed by atoms with Crippen molar-refractivity contribution in [1.82, 2.24) is 0 Å². The fourth-order valence-corrected chi connectivity index (χ4v) is 3.43. The molecule has 2 bridgehead atoms. The molecule has 0 saturated carbocycles. The zero-order valence-corrected chi connectivity index (χ0v) is 11.4. The lowest BCUT2D eigenvalue weighted by molar-refractivity contribution is -0.140. The number of hydrogen-bond donors (Lipinski definition) is 1. The molecule has 0 aromatic heterocycles. The molecule has 16 heavy (non-hydrogen) atoms. The van der Waals surface area contributed by atoms with E-state index in [-0.39, 0.29) is 18.2 Å². The van der Waals surface area contributed by atoms with E-state index in [2.05, 4.69) is 12.2 Å². The SMILES string of the molecule is B[C@@H]1OC2(COC)COC1[C@@H]2OP(C)(=O)S. The zero-order valence-electron chi connectivity index (χ0n) is 9.58. The molecule has 0 aromatic rings. The van der Waals surface area contributed by atoms with Crippen molar-refractivity contribution in [3.8, 4) is 0 Å². The van der Waals surface area contributed by atoms with E-state index >= 15 is 0 Å². The van der Waals surface area contributed by atoms with Crippen LogP contribution in [0.5, 0.6) is 0 Å². The van der Waals surface area contributed by atoms with Crippen molar-refractivity contribution < 1.29 is 23.3 Å². The normalized spacial score (nSPS) is 45.8. The predicted molar refractivity (Wildman–Crippen MR) is 65.2 cm³/mol. The van der Waals surface area contributed by atoms with Crippen LogP contribution in [-0.2, 0) is 23.3 Å². The first-order valence-corrected chi connectivity index (χ1v) is 8.37. The largest absolute Gasteiger partial charge is 0.381 e. The number of hydrogen-bond acceptors (Lipinski definition) is 5. The maximum absolute atomic E-state index is 11.6. The molecule has 0 N–H and O–H groups in total. The van der Waals surface area contributed by atoms with Crippen LogP contribution in [0.15, 0.2) is 0 Å². The molecule has 2 aliphatic heterocycles. The first-order chi connectivity index (χ1) is 7.38. The Kier molecular flexibility index (Phi) is 3.48. The average Bonchev–Trinajstić information content (AvgIpc) is 2.54. The summed E-state index contributed by atoms with van der Waals surface area (Å²) in [6.45, 7) is -0.614. The van der Waals surface area contributed by atoms with Crippen LogP contribution in [0.25, 0.3) is 0 Å². The highest BCUT2D eigenvalue weighted by molar-refractivity contribution is 8.46. The fourth-order valence-electron chi connectivity index (χ4n) is 2.40. The van der Waals surface area contributed by atoms with Crippen LogP contribution in [-0.4, -0.2) is 58.6 Å². The minimum atomic E-state index is -2.86. The molecule has 2 fully saturated rings. The van der Waals surface area contributed by atoms with Crippen LogP contribution < -0.4 is 0 Å². The quantitative estimate of drug-likeness (QED) is 0.437. The minimum absolute atomic E-state index is 0.0752. The molecule has 2 rings (SSSR count). The Hall–Kier alpha value is 0.485. The van der Waals surface area contributed by atoms with Gasteiger partial charge in [0, 0.05) is 13.8 Å². The van der Waals surface area contributed by atoms with Gasteiger partial charge < -0.3 is 18.7 Å². The van der Waals surface area contributed by atoms with Crippen molar-refractivity contribution in [2.75, 3.05) is 27.0 Å².